The lowest BCUT2D eigenvalue weighted by atomic mass is 9.75. The number of fused-ring (bicyclic) bond motifs is 2. The Morgan fingerprint density at radius 1 is 0.912 bits per heavy atom. The Hall–Kier alpha value is -1.51. The topological polar surface area (TPSA) is 40.5 Å². The van der Waals surface area contributed by atoms with Gasteiger partial charge in [-0.05, 0) is 43.1 Å². The van der Waals surface area contributed by atoms with Crippen molar-refractivity contribution in [2.45, 2.75) is 122 Å². The molecule has 3 aliphatic rings. The molecule has 0 aromatic heterocycles. The largest absolute Gasteiger partial charge is 0.481 e. The molecule has 2 aliphatic heterocycles. The molecule has 3 nitrogen and oxygen atoms in total. The van der Waals surface area contributed by atoms with E-state index in [2.05, 4.69) is 36.1 Å². The van der Waals surface area contributed by atoms with Gasteiger partial charge in [0.05, 0.1) is 0 Å². The number of hydrogen-bond acceptors (Lipinski definition) is 2. The van der Waals surface area contributed by atoms with Gasteiger partial charge in [0.1, 0.15) is 0 Å². The predicted octanol–water partition coefficient (Wildman–Crippen LogP) is 8.67. The second-order valence-electron chi connectivity index (χ2n) is 11.2. The third-order valence-corrected chi connectivity index (χ3v) is 8.56. The second kappa shape index (κ2) is 15.5. The van der Waals surface area contributed by atoms with Crippen molar-refractivity contribution >= 4 is 5.97 Å². The highest BCUT2D eigenvalue weighted by atomic mass is 16.4. The maximum atomic E-state index is 11.7. The number of piperidine rings is 1. The van der Waals surface area contributed by atoms with Crippen LogP contribution in [0.5, 0.6) is 0 Å². The summed E-state index contributed by atoms with van der Waals surface area (Å²) in [6.45, 7) is 4.56. The van der Waals surface area contributed by atoms with Gasteiger partial charge in [-0.2, -0.15) is 0 Å². The van der Waals surface area contributed by atoms with Crippen molar-refractivity contribution in [2.75, 3.05) is 13.1 Å². The number of rotatable bonds is 17. The van der Waals surface area contributed by atoms with Crippen LogP contribution in [0.25, 0.3) is 0 Å². The van der Waals surface area contributed by atoms with Crippen LogP contribution in [0.3, 0.4) is 0 Å². The minimum Gasteiger partial charge on any atom is -0.481 e. The van der Waals surface area contributed by atoms with E-state index in [-0.39, 0.29) is 0 Å². The van der Waals surface area contributed by atoms with Crippen LogP contribution < -0.4 is 0 Å². The zero-order chi connectivity index (χ0) is 24.0. The van der Waals surface area contributed by atoms with Crippen molar-refractivity contribution in [3.05, 3.63) is 35.6 Å². The zero-order valence-corrected chi connectivity index (χ0v) is 22.0. The molecular weight excluding hydrogens is 418 g/mol. The van der Waals surface area contributed by atoms with E-state index >= 15 is 0 Å². The molecular formula is C31H51NO2. The maximum absolute atomic E-state index is 11.7. The first-order chi connectivity index (χ1) is 16.7. The number of hydrogen-bond donors (Lipinski definition) is 1. The third kappa shape index (κ3) is 8.93. The SMILES string of the molecule is CCCCCCCCCCCCCCCC(CC(=O)O)C1CCN2CCC3C=CC=CC3=C2C1. The molecule has 1 N–H and O–H groups in total. The van der Waals surface area contributed by atoms with Crippen LogP contribution in [0.4, 0.5) is 0 Å². The molecule has 0 saturated carbocycles. The summed E-state index contributed by atoms with van der Waals surface area (Å²) < 4.78 is 0. The van der Waals surface area contributed by atoms with E-state index in [0.717, 1.165) is 32.4 Å². The number of aliphatic carboxylic acids is 1. The Balaban J connectivity index is 1.34. The molecule has 1 saturated heterocycles. The number of unbranched alkanes of at least 4 members (excludes halogenated alkanes) is 12. The third-order valence-electron chi connectivity index (χ3n) is 8.56. The van der Waals surface area contributed by atoms with E-state index in [0.29, 0.717) is 24.2 Å². The van der Waals surface area contributed by atoms with Gasteiger partial charge in [0.15, 0.2) is 0 Å². The Morgan fingerprint density at radius 3 is 2.18 bits per heavy atom. The summed E-state index contributed by atoms with van der Waals surface area (Å²) in [7, 11) is 0. The number of carboxylic acids is 1. The maximum Gasteiger partial charge on any atom is 0.303 e. The van der Waals surface area contributed by atoms with Gasteiger partial charge in [0.2, 0.25) is 0 Å². The summed E-state index contributed by atoms with van der Waals surface area (Å²) in [5.41, 5.74) is 3.03. The summed E-state index contributed by atoms with van der Waals surface area (Å²) in [4.78, 5) is 14.2. The molecule has 0 aromatic rings. The number of nitrogens with zero attached hydrogens (tertiary/aromatic N) is 1. The molecule has 0 spiro atoms. The monoisotopic (exact) mass is 469 g/mol. The van der Waals surface area contributed by atoms with Gasteiger partial charge in [-0.3, -0.25) is 4.79 Å². The number of allylic oxidation sites excluding steroid dienone is 6. The minimum atomic E-state index is -0.609. The first kappa shape index (κ1) is 27.1. The molecule has 0 aromatic carbocycles. The minimum absolute atomic E-state index is 0.337. The van der Waals surface area contributed by atoms with E-state index in [1.54, 1.807) is 0 Å². The van der Waals surface area contributed by atoms with E-state index in [1.807, 2.05) is 0 Å². The highest BCUT2D eigenvalue weighted by molar-refractivity contribution is 5.67. The quantitative estimate of drug-likeness (QED) is 0.217. The normalized spacial score (nSPS) is 22.6. The second-order valence-corrected chi connectivity index (χ2v) is 11.2. The lowest BCUT2D eigenvalue weighted by molar-refractivity contribution is -0.138. The summed E-state index contributed by atoms with van der Waals surface area (Å²) in [6.07, 6.45) is 31.7. The Bertz CT molecular complexity index is 692. The van der Waals surface area contributed by atoms with Crippen LogP contribution in [0.15, 0.2) is 35.6 Å². The Morgan fingerprint density at radius 2 is 1.53 bits per heavy atom. The smallest absolute Gasteiger partial charge is 0.303 e. The molecule has 3 rings (SSSR count). The van der Waals surface area contributed by atoms with Gasteiger partial charge >= 0.3 is 5.97 Å². The lowest BCUT2D eigenvalue weighted by Crippen LogP contribution is -2.40. The van der Waals surface area contributed by atoms with Crippen molar-refractivity contribution in [2.24, 2.45) is 17.8 Å². The van der Waals surface area contributed by atoms with Crippen molar-refractivity contribution < 1.29 is 9.90 Å². The molecule has 192 valence electrons. The van der Waals surface area contributed by atoms with Gasteiger partial charge in [-0.15, -0.1) is 0 Å². The molecule has 3 atom stereocenters. The van der Waals surface area contributed by atoms with Crippen LogP contribution in [0.1, 0.15) is 122 Å². The molecule has 0 bridgehead atoms. The van der Waals surface area contributed by atoms with Crippen molar-refractivity contribution in [3.63, 3.8) is 0 Å². The average Bonchev–Trinajstić information content (AvgIpc) is 2.85. The standard InChI is InChI=1S/C31H51NO2/c1-2-3-4-5-6-7-8-9-10-11-12-13-14-18-27(25-31(33)34)28-21-23-32-22-20-26-17-15-16-19-29(26)30(32)24-28/h15-17,19,26-28H,2-14,18,20-25H2,1H3,(H,33,34). The van der Waals surface area contributed by atoms with Crippen LogP contribution in [0.2, 0.25) is 0 Å². The average molecular weight is 470 g/mol. The molecule has 2 heterocycles. The van der Waals surface area contributed by atoms with Crippen molar-refractivity contribution in [1.82, 2.24) is 4.90 Å². The fraction of sp³-hybridized carbons (Fsp3) is 0.774. The van der Waals surface area contributed by atoms with Crippen molar-refractivity contribution in [1.29, 1.82) is 0 Å². The summed E-state index contributed by atoms with van der Waals surface area (Å²) in [5, 5.41) is 9.60. The van der Waals surface area contributed by atoms with E-state index < -0.39 is 5.97 Å². The fourth-order valence-electron chi connectivity index (χ4n) is 6.48. The summed E-state index contributed by atoms with van der Waals surface area (Å²) in [6, 6.07) is 0. The molecule has 0 amide bonds. The van der Waals surface area contributed by atoms with Gasteiger partial charge in [0.25, 0.3) is 0 Å². The fourth-order valence-corrected chi connectivity index (χ4v) is 6.48. The lowest BCUT2D eigenvalue weighted by Gasteiger charge is -2.44. The zero-order valence-electron chi connectivity index (χ0n) is 22.0. The van der Waals surface area contributed by atoms with E-state index in [1.165, 1.54) is 101 Å². The van der Waals surface area contributed by atoms with Gasteiger partial charge in [-0.1, -0.05) is 115 Å². The van der Waals surface area contributed by atoms with Crippen molar-refractivity contribution in [3.8, 4) is 0 Å². The molecule has 1 fully saturated rings. The van der Waals surface area contributed by atoms with Crippen LogP contribution >= 0.6 is 0 Å². The van der Waals surface area contributed by atoms with Gasteiger partial charge < -0.3 is 10.0 Å². The Kier molecular flexibility index (Phi) is 12.3. The molecule has 3 unspecified atom stereocenters. The molecule has 3 heteroatoms. The van der Waals surface area contributed by atoms with Crippen LogP contribution in [-0.4, -0.2) is 29.1 Å². The number of carbonyl (C=O) groups is 1. The van der Waals surface area contributed by atoms with E-state index in [4.69, 9.17) is 0 Å². The molecule has 0 radical (unpaired) electrons. The first-order valence-electron chi connectivity index (χ1n) is 14.7. The summed E-state index contributed by atoms with van der Waals surface area (Å²) in [5.74, 6) is 0.838. The highest BCUT2D eigenvalue weighted by Gasteiger charge is 2.34. The van der Waals surface area contributed by atoms with Gasteiger partial charge in [0, 0.05) is 31.1 Å². The first-order valence-corrected chi connectivity index (χ1v) is 14.7. The molecule has 34 heavy (non-hydrogen) atoms. The van der Waals surface area contributed by atoms with Crippen LogP contribution in [-0.2, 0) is 4.79 Å². The van der Waals surface area contributed by atoms with Gasteiger partial charge in [-0.25, -0.2) is 0 Å². The summed E-state index contributed by atoms with van der Waals surface area (Å²) >= 11 is 0. The number of carboxylic acid groups (broad SMARTS) is 1. The van der Waals surface area contributed by atoms with Crippen LogP contribution in [0, 0.1) is 17.8 Å². The predicted molar refractivity (Wildman–Crippen MR) is 144 cm³/mol. The highest BCUT2D eigenvalue weighted by Crippen LogP contribution is 2.42. The van der Waals surface area contributed by atoms with E-state index in [9.17, 15) is 9.90 Å². The molecule has 1 aliphatic carbocycles. The Labute approximate surface area is 209 Å².